The number of benzene rings is 1. The maximum atomic E-state index is 5.35. The van der Waals surface area contributed by atoms with Crippen molar-refractivity contribution in [2.75, 3.05) is 38.2 Å². The van der Waals surface area contributed by atoms with Crippen LogP contribution in [0, 0.1) is 6.92 Å². The van der Waals surface area contributed by atoms with Crippen molar-refractivity contribution < 1.29 is 4.74 Å². The van der Waals surface area contributed by atoms with E-state index in [1.807, 2.05) is 0 Å². The minimum atomic E-state index is 0.768. The number of ether oxygens (including phenoxy) is 1. The molecule has 2 aliphatic heterocycles. The second-order valence-electron chi connectivity index (χ2n) is 5.79. The minimum absolute atomic E-state index is 0.768. The summed E-state index contributed by atoms with van der Waals surface area (Å²) < 4.78 is 5.35. The summed E-state index contributed by atoms with van der Waals surface area (Å²) in [7, 11) is 1.74. The molecule has 1 aromatic carbocycles. The van der Waals surface area contributed by atoms with Gasteiger partial charge in [-0.25, -0.2) is 0 Å². The van der Waals surface area contributed by atoms with Crippen molar-refractivity contribution in [2.45, 2.75) is 32.2 Å². The van der Waals surface area contributed by atoms with Crippen LogP contribution in [0.15, 0.2) is 18.2 Å². The minimum Gasteiger partial charge on any atom is -0.496 e. The van der Waals surface area contributed by atoms with E-state index in [2.05, 4.69) is 34.9 Å². The number of aryl methyl sites for hydroxylation is 1. The van der Waals surface area contributed by atoms with Crippen LogP contribution >= 0.6 is 0 Å². The lowest BCUT2D eigenvalue weighted by atomic mass is 10.1. The number of hydrogen-bond donors (Lipinski definition) is 0. The van der Waals surface area contributed by atoms with E-state index in [1.54, 1.807) is 7.11 Å². The molecule has 1 aromatic rings. The standard InChI is InChI=1S/C16H24N2O/c1-13-11-14(6-7-16(13)19-2)18-10-4-9-17-8-3-5-15(17)12-18/h6-7,11,15H,3-5,8-10,12H2,1-2H3. The lowest BCUT2D eigenvalue weighted by molar-refractivity contribution is 0.273. The molecule has 19 heavy (non-hydrogen) atoms. The largest absolute Gasteiger partial charge is 0.496 e. The van der Waals surface area contributed by atoms with Crippen molar-refractivity contribution in [3.63, 3.8) is 0 Å². The van der Waals surface area contributed by atoms with Crippen molar-refractivity contribution in [2.24, 2.45) is 0 Å². The van der Waals surface area contributed by atoms with Gasteiger partial charge in [0.2, 0.25) is 0 Å². The van der Waals surface area contributed by atoms with Gasteiger partial charge < -0.3 is 9.64 Å². The normalized spacial score (nSPS) is 24.1. The molecule has 1 atom stereocenters. The first kappa shape index (κ1) is 12.8. The zero-order chi connectivity index (χ0) is 13.2. The highest BCUT2D eigenvalue weighted by atomic mass is 16.5. The third-order valence-corrected chi connectivity index (χ3v) is 4.55. The highest BCUT2D eigenvalue weighted by molar-refractivity contribution is 5.53. The van der Waals surface area contributed by atoms with E-state index in [9.17, 15) is 0 Å². The lowest BCUT2D eigenvalue weighted by Crippen LogP contribution is -2.36. The van der Waals surface area contributed by atoms with Crippen LogP contribution in [-0.4, -0.2) is 44.2 Å². The van der Waals surface area contributed by atoms with E-state index in [4.69, 9.17) is 4.74 Å². The van der Waals surface area contributed by atoms with Gasteiger partial charge in [0.1, 0.15) is 5.75 Å². The number of fused-ring (bicyclic) bond motifs is 1. The predicted octanol–water partition coefficient (Wildman–Crippen LogP) is 2.68. The lowest BCUT2D eigenvalue weighted by Gasteiger charge is -2.27. The smallest absolute Gasteiger partial charge is 0.121 e. The fourth-order valence-corrected chi connectivity index (χ4v) is 3.50. The van der Waals surface area contributed by atoms with Crippen LogP contribution < -0.4 is 9.64 Å². The topological polar surface area (TPSA) is 15.7 Å². The fraction of sp³-hybridized carbons (Fsp3) is 0.625. The van der Waals surface area contributed by atoms with E-state index < -0.39 is 0 Å². The summed E-state index contributed by atoms with van der Waals surface area (Å²) in [5.41, 5.74) is 2.58. The van der Waals surface area contributed by atoms with E-state index in [1.165, 1.54) is 56.7 Å². The molecule has 0 aromatic heterocycles. The molecule has 3 rings (SSSR count). The maximum absolute atomic E-state index is 5.35. The number of methoxy groups -OCH3 is 1. The second-order valence-corrected chi connectivity index (χ2v) is 5.79. The predicted molar refractivity (Wildman–Crippen MR) is 79.2 cm³/mol. The molecular formula is C16H24N2O. The molecule has 0 saturated carbocycles. The average molecular weight is 260 g/mol. The molecule has 0 spiro atoms. The van der Waals surface area contributed by atoms with Crippen LogP contribution in [0.25, 0.3) is 0 Å². The molecule has 3 nitrogen and oxygen atoms in total. The van der Waals surface area contributed by atoms with Gasteiger partial charge in [-0.1, -0.05) is 0 Å². The van der Waals surface area contributed by atoms with Gasteiger partial charge in [-0.15, -0.1) is 0 Å². The zero-order valence-corrected chi connectivity index (χ0v) is 12.1. The highest BCUT2D eigenvalue weighted by Gasteiger charge is 2.28. The van der Waals surface area contributed by atoms with Crippen LogP contribution in [0.4, 0.5) is 5.69 Å². The molecule has 0 bridgehead atoms. The van der Waals surface area contributed by atoms with E-state index in [-0.39, 0.29) is 0 Å². The Morgan fingerprint density at radius 2 is 2.00 bits per heavy atom. The summed E-state index contributed by atoms with van der Waals surface area (Å²) in [4.78, 5) is 5.23. The summed E-state index contributed by atoms with van der Waals surface area (Å²) in [6.07, 6.45) is 4.02. The Morgan fingerprint density at radius 1 is 1.16 bits per heavy atom. The van der Waals surface area contributed by atoms with Gasteiger partial charge in [0, 0.05) is 31.4 Å². The zero-order valence-electron chi connectivity index (χ0n) is 12.1. The fourth-order valence-electron chi connectivity index (χ4n) is 3.50. The van der Waals surface area contributed by atoms with E-state index in [0.29, 0.717) is 0 Å². The van der Waals surface area contributed by atoms with Gasteiger partial charge in [-0.05, 0) is 56.5 Å². The highest BCUT2D eigenvalue weighted by Crippen LogP contribution is 2.28. The van der Waals surface area contributed by atoms with Gasteiger partial charge >= 0.3 is 0 Å². The Labute approximate surface area is 116 Å². The van der Waals surface area contributed by atoms with Crippen LogP contribution in [0.1, 0.15) is 24.8 Å². The van der Waals surface area contributed by atoms with Crippen molar-refractivity contribution >= 4 is 5.69 Å². The SMILES string of the molecule is COc1ccc(N2CCCN3CCCC3C2)cc1C. The number of nitrogens with zero attached hydrogens (tertiary/aromatic N) is 2. The molecule has 2 heterocycles. The third-order valence-electron chi connectivity index (χ3n) is 4.55. The molecule has 0 aliphatic carbocycles. The third kappa shape index (κ3) is 2.57. The Balaban J connectivity index is 1.79. The molecular weight excluding hydrogens is 236 g/mol. The molecule has 1 unspecified atom stereocenters. The van der Waals surface area contributed by atoms with Gasteiger partial charge in [-0.3, -0.25) is 4.90 Å². The molecule has 0 amide bonds. The molecule has 2 saturated heterocycles. The molecule has 0 N–H and O–H groups in total. The van der Waals surface area contributed by atoms with Gasteiger partial charge in [0.15, 0.2) is 0 Å². The number of rotatable bonds is 2. The first-order valence-electron chi connectivity index (χ1n) is 7.41. The summed E-state index contributed by atoms with van der Waals surface area (Å²) in [5, 5.41) is 0. The van der Waals surface area contributed by atoms with Gasteiger partial charge in [-0.2, -0.15) is 0 Å². The quantitative estimate of drug-likeness (QED) is 0.813. The molecule has 0 radical (unpaired) electrons. The van der Waals surface area contributed by atoms with Crippen LogP contribution in [-0.2, 0) is 0 Å². The Hall–Kier alpha value is -1.22. The summed E-state index contributed by atoms with van der Waals surface area (Å²) in [6, 6.07) is 7.34. The summed E-state index contributed by atoms with van der Waals surface area (Å²) in [5.74, 6) is 0.987. The Bertz CT molecular complexity index is 446. The Morgan fingerprint density at radius 3 is 2.79 bits per heavy atom. The molecule has 2 aliphatic rings. The maximum Gasteiger partial charge on any atom is 0.121 e. The first-order chi connectivity index (χ1) is 9.28. The monoisotopic (exact) mass is 260 g/mol. The van der Waals surface area contributed by atoms with Crippen LogP contribution in [0.2, 0.25) is 0 Å². The van der Waals surface area contributed by atoms with E-state index in [0.717, 1.165) is 11.8 Å². The second kappa shape index (κ2) is 5.41. The van der Waals surface area contributed by atoms with E-state index >= 15 is 0 Å². The summed E-state index contributed by atoms with van der Waals surface area (Å²) >= 11 is 0. The number of anilines is 1. The molecule has 104 valence electrons. The summed E-state index contributed by atoms with van der Waals surface area (Å²) in [6.45, 7) is 7.07. The Kier molecular flexibility index (Phi) is 3.65. The van der Waals surface area contributed by atoms with Crippen molar-refractivity contribution in [1.29, 1.82) is 0 Å². The average Bonchev–Trinajstić information content (AvgIpc) is 2.76. The van der Waals surface area contributed by atoms with Gasteiger partial charge in [0.25, 0.3) is 0 Å². The first-order valence-corrected chi connectivity index (χ1v) is 7.41. The van der Waals surface area contributed by atoms with Crippen molar-refractivity contribution in [3.8, 4) is 5.75 Å². The van der Waals surface area contributed by atoms with Crippen LogP contribution in [0.3, 0.4) is 0 Å². The van der Waals surface area contributed by atoms with Crippen molar-refractivity contribution in [3.05, 3.63) is 23.8 Å². The van der Waals surface area contributed by atoms with Crippen LogP contribution in [0.5, 0.6) is 5.75 Å². The number of hydrogen-bond acceptors (Lipinski definition) is 3. The van der Waals surface area contributed by atoms with Crippen molar-refractivity contribution in [1.82, 2.24) is 4.90 Å². The molecule has 2 fully saturated rings. The van der Waals surface area contributed by atoms with Gasteiger partial charge in [0.05, 0.1) is 7.11 Å². The molecule has 3 heteroatoms.